The lowest BCUT2D eigenvalue weighted by Crippen LogP contribution is -2.65. The fourth-order valence-corrected chi connectivity index (χ4v) is 5.31. The third kappa shape index (κ3) is 3.79. The summed E-state index contributed by atoms with van der Waals surface area (Å²) in [6.07, 6.45) is 9.52. The number of nitrogens with zero attached hydrogens (tertiary/aromatic N) is 2. The van der Waals surface area contributed by atoms with Crippen molar-refractivity contribution in [1.82, 2.24) is 9.88 Å². The molecule has 2 amide bonds. The number of carbonyl (C=O) groups excluding carboxylic acids is 2. The average Bonchev–Trinajstić information content (AvgIpc) is 3.38. The number of hydrogen-bond acceptors (Lipinski definition) is 4. The van der Waals surface area contributed by atoms with E-state index in [0.29, 0.717) is 29.3 Å². The first kappa shape index (κ1) is 21.6. The average molecular weight is 450 g/mol. The Labute approximate surface area is 193 Å². The summed E-state index contributed by atoms with van der Waals surface area (Å²) in [5, 5.41) is 3.31. The Morgan fingerprint density at radius 1 is 1.12 bits per heavy atom. The second-order valence-corrected chi connectivity index (χ2v) is 9.42. The highest BCUT2D eigenvalue weighted by molar-refractivity contribution is 6.13. The standard InChI is InChI=1S/C26H31N3O4/c1-26(25(31)27-18-9-6-4-3-5-7-10-18)17-28-21-13-14-33-23(21)16-22(28)24(30)29(26)19-11-8-12-20(15-19)32-2/h8,11-16,18H,3-7,9-10,17H2,1-2H3,(H,27,31)/t26-/m1/s1. The van der Waals surface area contributed by atoms with Gasteiger partial charge in [0.2, 0.25) is 5.91 Å². The van der Waals surface area contributed by atoms with Crippen molar-refractivity contribution in [3.8, 4) is 5.75 Å². The molecule has 7 nitrogen and oxygen atoms in total. The lowest BCUT2D eigenvalue weighted by Gasteiger charge is -2.44. The van der Waals surface area contributed by atoms with E-state index in [-0.39, 0.29) is 17.9 Å². The van der Waals surface area contributed by atoms with Crippen LogP contribution in [0.25, 0.3) is 11.1 Å². The molecule has 5 rings (SSSR count). The number of carbonyl (C=O) groups is 2. The maximum absolute atomic E-state index is 13.9. The molecule has 0 radical (unpaired) electrons. The molecule has 174 valence electrons. The summed E-state index contributed by atoms with van der Waals surface area (Å²) in [5.41, 5.74) is 1.52. The van der Waals surface area contributed by atoms with Crippen molar-refractivity contribution in [2.24, 2.45) is 0 Å². The summed E-state index contributed by atoms with van der Waals surface area (Å²) in [6.45, 7) is 2.20. The molecule has 3 aromatic rings. The first-order chi connectivity index (χ1) is 16.0. The first-order valence-electron chi connectivity index (χ1n) is 11.9. The Hall–Kier alpha value is -3.22. The number of amides is 2. The normalized spacial score (nSPS) is 22.0. The number of methoxy groups -OCH3 is 1. The number of benzene rings is 1. The Morgan fingerprint density at radius 2 is 1.88 bits per heavy atom. The largest absolute Gasteiger partial charge is 0.497 e. The molecule has 2 aromatic heterocycles. The zero-order valence-corrected chi connectivity index (χ0v) is 19.3. The van der Waals surface area contributed by atoms with Gasteiger partial charge < -0.3 is 19.0 Å². The predicted molar refractivity (Wildman–Crippen MR) is 127 cm³/mol. The molecule has 1 saturated carbocycles. The maximum atomic E-state index is 13.9. The molecular formula is C26H31N3O4. The topological polar surface area (TPSA) is 76.7 Å². The number of rotatable bonds is 4. The van der Waals surface area contributed by atoms with Gasteiger partial charge in [-0.1, -0.05) is 38.2 Å². The van der Waals surface area contributed by atoms with E-state index in [1.165, 1.54) is 19.3 Å². The molecule has 1 aliphatic heterocycles. The van der Waals surface area contributed by atoms with Crippen molar-refractivity contribution in [1.29, 1.82) is 0 Å². The summed E-state index contributed by atoms with van der Waals surface area (Å²) < 4.78 is 12.9. The molecule has 1 fully saturated rings. The third-order valence-corrected chi connectivity index (χ3v) is 7.15. The molecule has 0 spiro atoms. The van der Waals surface area contributed by atoms with Gasteiger partial charge in [-0.3, -0.25) is 14.5 Å². The number of ether oxygens (including phenoxy) is 1. The predicted octanol–water partition coefficient (Wildman–Crippen LogP) is 4.89. The molecule has 1 aromatic carbocycles. The van der Waals surface area contributed by atoms with Crippen molar-refractivity contribution in [2.45, 2.75) is 70.0 Å². The molecule has 0 bridgehead atoms. The first-order valence-corrected chi connectivity index (χ1v) is 11.9. The SMILES string of the molecule is COc1cccc(N2C(=O)c3cc4occc4n3C[C@]2(C)C(=O)NC2CCCCCCC2)c1. The van der Waals surface area contributed by atoms with Gasteiger partial charge in [-0.2, -0.15) is 0 Å². The van der Waals surface area contributed by atoms with E-state index in [9.17, 15) is 9.59 Å². The highest BCUT2D eigenvalue weighted by Crippen LogP contribution is 2.37. The molecule has 7 heteroatoms. The van der Waals surface area contributed by atoms with Gasteiger partial charge in [0, 0.05) is 29.9 Å². The fourth-order valence-electron chi connectivity index (χ4n) is 5.31. The molecule has 2 aliphatic rings. The van der Waals surface area contributed by atoms with Crippen LogP contribution in [0.3, 0.4) is 0 Å². The fraction of sp³-hybridized carbons (Fsp3) is 0.462. The Balaban J connectivity index is 1.55. The minimum atomic E-state index is -1.11. The zero-order valence-electron chi connectivity index (χ0n) is 19.3. The molecule has 1 aliphatic carbocycles. The van der Waals surface area contributed by atoms with Crippen LogP contribution in [0.1, 0.15) is 62.4 Å². The second-order valence-electron chi connectivity index (χ2n) is 9.42. The maximum Gasteiger partial charge on any atom is 0.276 e. The molecule has 0 unspecified atom stereocenters. The van der Waals surface area contributed by atoms with Crippen LogP contribution in [-0.2, 0) is 11.3 Å². The number of anilines is 1. The van der Waals surface area contributed by atoms with Crippen molar-refractivity contribution < 1.29 is 18.7 Å². The number of aromatic nitrogens is 1. The van der Waals surface area contributed by atoms with Gasteiger partial charge in [0.15, 0.2) is 5.58 Å². The molecule has 33 heavy (non-hydrogen) atoms. The molecule has 1 N–H and O–H groups in total. The molecule has 0 saturated heterocycles. The van der Waals surface area contributed by atoms with E-state index < -0.39 is 5.54 Å². The van der Waals surface area contributed by atoms with Crippen LogP contribution >= 0.6 is 0 Å². The summed E-state index contributed by atoms with van der Waals surface area (Å²) in [6, 6.07) is 11.1. The zero-order chi connectivity index (χ0) is 23.0. The van der Waals surface area contributed by atoms with Gasteiger partial charge in [-0.25, -0.2) is 0 Å². The summed E-state index contributed by atoms with van der Waals surface area (Å²) in [4.78, 5) is 29.4. The van der Waals surface area contributed by atoms with Crippen molar-refractivity contribution >= 4 is 28.6 Å². The quantitative estimate of drug-likeness (QED) is 0.615. The van der Waals surface area contributed by atoms with Gasteiger partial charge in [0.25, 0.3) is 5.91 Å². The van der Waals surface area contributed by atoms with E-state index >= 15 is 0 Å². The number of fused-ring (bicyclic) bond motifs is 3. The van der Waals surface area contributed by atoms with Crippen LogP contribution in [0.15, 0.2) is 47.1 Å². The second kappa shape index (κ2) is 8.61. The summed E-state index contributed by atoms with van der Waals surface area (Å²) in [5.74, 6) is 0.286. The number of hydrogen-bond donors (Lipinski definition) is 1. The van der Waals surface area contributed by atoms with Gasteiger partial charge in [-0.05, 0) is 31.9 Å². The summed E-state index contributed by atoms with van der Waals surface area (Å²) >= 11 is 0. The van der Waals surface area contributed by atoms with Crippen LogP contribution in [0.4, 0.5) is 5.69 Å². The van der Waals surface area contributed by atoms with Gasteiger partial charge in [0.05, 0.1) is 25.4 Å². The minimum Gasteiger partial charge on any atom is -0.497 e. The van der Waals surface area contributed by atoms with Crippen molar-refractivity contribution in [3.05, 3.63) is 48.4 Å². The minimum absolute atomic E-state index is 0.125. The third-order valence-electron chi connectivity index (χ3n) is 7.15. The van der Waals surface area contributed by atoms with E-state index in [1.54, 1.807) is 24.3 Å². The Morgan fingerprint density at radius 3 is 2.64 bits per heavy atom. The van der Waals surface area contributed by atoms with Gasteiger partial charge in [0.1, 0.15) is 17.0 Å². The van der Waals surface area contributed by atoms with E-state index in [2.05, 4.69) is 5.32 Å². The van der Waals surface area contributed by atoms with Crippen LogP contribution in [-0.4, -0.2) is 35.1 Å². The Kier molecular flexibility index (Phi) is 5.64. The van der Waals surface area contributed by atoms with Gasteiger partial charge >= 0.3 is 0 Å². The lowest BCUT2D eigenvalue weighted by molar-refractivity contribution is -0.127. The highest BCUT2D eigenvalue weighted by atomic mass is 16.5. The van der Waals surface area contributed by atoms with E-state index in [4.69, 9.17) is 9.15 Å². The highest BCUT2D eigenvalue weighted by Gasteiger charge is 2.49. The van der Waals surface area contributed by atoms with E-state index in [1.807, 2.05) is 41.8 Å². The molecule has 1 atom stereocenters. The smallest absolute Gasteiger partial charge is 0.276 e. The van der Waals surface area contributed by atoms with Crippen molar-refractivity contribution in [3.63, 3.8) is 0 Å². The Bertz CT molecular complexity index is 1170. The van der Waals surface area contributed by atoms with Crippen molar-refractivity contribution in [2.75, 3.05) is 12.0 Å². The van der Waals surface area contributed by atoms with Crippen LogP contribution < -0.4 is 15.0 Å². The molecule has 3 heterocycles. The van der Waals surface area contributed by atoms with Crippen LogP contribution in [0.5, 0.6) is 5.75 Å². The van der Waals surface area contributed by atoms with E-state index in [0.717, 1.165) is 31.2 Å². The lowest BCUT2D eigenvalue weighted by atomic mass is 9.91. The number of furan rings is 1. The number of nitrogens with one attached hydrogen (secondary N) is 1. The monoisotopic (exact) mass is 449 g/mol. The van der Waals surface area contributed by atoms with Gasteiger partial charge in [-0.15, -0.1) is 0 Å². The van der Waals surface area contributed by atoms with Crippen LogP contribution in [0, 0.1) is 0 Å². The summed E-state index contributed by atoms with van der Waals surface area (Å²) in [7, 11) is 1.59. The van der Waals surface area contributed by atoms with Crippen LogP contribution in [0.2, 0.25) is 0 Å². The molecular weight excluding hydrogens is 418 g/mol.